The van der Waals surface area contributed by atoms with Gasteiger partial charge in [0.15, 0.2) is 17.3 Å². The number of benzene rings is 3. The highest BCUT2D eigenvalue weighted by Gasteiger charge is 2.29. The van der Waals surface area contributed by atoms with Crippen LogP contribution >= 0.6 is 0 Å². The largest absolute Gasteiger partial charge is 0.504 e. The molecule has 4 N–H and O–H groups in total. The Bertz CT molecular complexity index is 1960. The molecule has 3 heterocycles. The number of phenols is 1. The first kappa shape index (κ1) is 31.0. The first-order valence-electron chi connectivity index (χ1n) is 14.7. The SMILES string of the molecule is CCOC(=O)C1=Cc2ccccc2CN1c1ccc(Oc2c(F)cnc(Oc3cc(C(=N)N)ccc3O)c2F)c(C2=NCCN2C)c1. The molecule has 0 radical (unpaired) electrons. The first-order chi connectivity index (χ1) is 22.6. The van der Waals surface area contributed by atoms with E-state index in [0.29, 0.717) is 42.4 Å². The van der Waals surface area contributed by atoms with Gasteiger partial charge in [-0.3, -0.25) is 10.4 Å². The quantitative estimate of drug-likeness (QED) is 0.122. The monoisotopic (exact) mass is 640 g/mol. The number of aliphatic imine (C=N–C) groups is 1. The number of amidine groups is 2. The molecule has 0 fully saturated rings. The second-order valence-electron chi connectivity index (χ2n) is 10.7. The van der Waals surface area contributed by atoms with Gasteiger partial charge >= 0.3 is 5.97 Å². The molecule has 4 aromatic rings. The summed E-state index contributed by atoms with van der Waals surface area (Å²) in [5.74, 6) is -4.67. The highest BCUT2D eigenvalue weighted by Crippen LogP contribution is 2.40. The summed E-state index contributed by atoms with van der Waals surface area (Å²) >= 11 is 0. The summed E-state index contributed by atoms with van der Waals surface area (Å²) in [5, 5.41) is 17.9. The fraction of sp³-hybridized carbons (Fsp3) is 0.176. The molecule has 6 rings (SSSR count). The minimum absolute atomic E-state index is 0.0803. The number of nitrogens with two attached hydrogens (primary N) is 1. The summed E-state index contributed by atoms with van der Waals surface area (Å²) in [4.78, 5) is 25.1. The lowest BCUT2D eigenvalue weighted by molar-refractivity contribution is -0.138. The van der Waals surface area contributed by atoms with E-state index in [2.05, 4.69) is 9.98 Å². The van der Waals surface area contributed by atoms with Crippen LogP contribution in [0, 0.1) is 17.0 Å². The van der Waals surface area contributed by atoms with Gasteiger partial charge in [0.1, 0.15) is 23.1 Å². The van der Waals surface area contributed by atoms with Gasteiger partial charge in [-0.2, -0.15) is 4.39 Å². The number of aromatic hydroxyl groups is 1. The highest BCUT2D eigenvalue weighted by molar-refractivity contribution is 6.04. The van der Waals surface area contributed by atoms with Crippen LogP contribution in [0.3, 0.4) is 0 Å². The molecule has 2 aliphatic rings. The number of ether oxygens (including phenoxy) is 3. The van der Waals surface area contributed by atoms with Crippen molar-refractivity contribution in [1.29, 1.82) is 5.41 Å². The van der Waals surface area contributed by atoms with Gasteiger partial charge < -0.3 is 34.9 Å². The van der Waals surface area contributed by atoms with E-state index < -0.39 is 29.2 Å². The molecule has 0 saturated heterocycles. The summed E-state index contributed by atoms with van der Waals surface area (Å²) in [5.41, 5.74) is 8.98. The third-order valence-electron chi connectivity index (χ3n) is 7.61. The maximum absolute atomic E-state index is 15.8. The molecule has 13 heteroatoms. The van der Waals surface area contributed by atoms with E-state index in [1.165, 1.54) is 18.2 Å². The number of halogens is 2. The Kier molecular flexibility index (Phi) is 8.44. The molecule has 0 saturated carbocycles. The number of nitrogens with one attached hydrogen (secondary N) is 1. The van der Waals surface area contributed by atoms with Crippen LogP contribution in [-0.4, -0.2) is 59.4 Å². The number of hydrogen-bond acceptors (Lipinski definition) is 10. The molecule has 47 heavy (non-hydrogen) atoms. The van der Waals surface area contributed by atoms with Crippen molar-refractivity contribution in [3.05, 3.63) is 106 Å². The Labute approximate surface area is 268 Å². The Morgan fingerprint density at radius 1 is 1.09 bits per heavy atom. The average Bonchev–Trinajstić information content (AvgIpc) is 3.50. The van der Waals surface area contributed by atoms with Crippen molar-refractivity contribution in [2.75, 3.05) is 31.6 Å². The van der Waals surface area contributed by atoms with Gasteiger partial charge in [0.25, 0.3) is 5.88 Å². The number of fused-ring (bicyclic) bond motifs is 1. The van der Waals surface area contributed by atoms with E-state index in [-0.39, 0.29) is 35.3 Å². The summed E-state index contributed by atoms with van der Waals surface area (Å²) in [6, 6.07) is 16.5. The van der Waals surface area contributed by atoms with Crippen molar-refractivity contribution in [3.63, 3.8) is 0 Å². The fourth-order valence-corrected chi connectivity index (χ4v) is 5.25. The molecule has 0 atom stereocenters. The predicted octanol–water partition coefficient (Wildman–Crippen LogP) is 5.55. The number of aromatic nitrogens is 1. The highest BCUT2D eigenvalue weighted by atomic mass is 19.1. The standard InChI is InChI=1S/C34H30F2N6O5/c1-3-45-34(44)25-14-19-6-4-5-7-21(19)18-42(25)22-9-11-27(23(16-22)32-39-12-13-41(32)2)46-30-24(35)17-40-33(29(30)36)47-28-15-20(31(37)38)8-10-26(28)43/h4-11,14-17,43H,3,12-13,18H2,1-2H3,(H3,37,38). The lowest BCUT2D eigenvalue weighted by Crippen LogP contribution is -2.31. The Morgan fingerprint density at radius 3 is 2.64 bits per heavy atom. The molecule has 0 bridgehead atoms. The third-order valence-corrected chi connectivity index (χ3v) is 7.61. The van der Waals surface area contributed by atoms with Crippen molar-refractivity contribution in [1.82, 2.24) is 9.88 Å². The maximum Gasteiger partial charge on any atom is 0.354 e. The van der Waals surface area contributed by atoms with E-state index in [0.717, 1.165) is 17.3 Å². The Balaban J connectivity index is 1.40. The third kappa shape index (κ3) is 6.15. The summed E-state index contributed by atoms with van der Waals surface area (Å²) in [6.45, 7) is 3.41. The van der Waals surface area contributed by atoms with Crippen LogP contribution in [0.4, 0.5) is 14.5 Å². The molecule has 0 aliphatic carbocycles. The maximum atomic E-state index is 15.8. The van der Waals surface area contributed by atoms with E-state index >= 15 is 8.78 Å². The summed E-state index contributed by atoms with van der Waals surface area (Å²) in [7, 11) is 1.84. The van der Waals surface area contributed by atoms with Crippen LogP contribution in [0.2, 0.25) is 0 Å². The van der Waals surface area contributed by atoms with Gasteiger partial charge in [-0.25, -0.2) is 14.2 Å². The number of carbonyl (C=O) groups is 1. The van der Waals surface area contributed by atoms with Crippen LogP contribution in [0.25, 0.3) is 6.08 Å². The lowest BCUT2D eigenvalue weighted by Gasteiger charge is -2.31. The first-order valence-corrected chi connectivity index (χ1v) is 14.7. The minimum atomic E-state index is -1.27. The Hall–Kier alpha value is -5.98. The van der Waals surface area contributed by atoms with E-state index in [1.807, 2.05) is 41.1 Å². The van der Waals surface area contributed by atoms with Crippen molar-refractivity contribution >= 4 is 29.4 Å². The minimum Gasteiger partial charge on any atom is -0.504 e. The zero-order valence-corrected chi connectivity index (χ0v) is 25.5. The Morgan fingerprint density at radius 2 is 1.89 bits per heavy atom. The van der Waals surface area contributed by atoms with Gasteiger partial charge in [-0.05, 0) is 60.5 Å². The van der Waals surface area contributed by atoms with Gasteiger partial charge in [-0.1, -0.05) is 24.3 Å². The van der Waals surface area contributed by atoms with E-state index in [4.69, 9.17) is 25.4 Å². The number of hydrogen-bond donors (Lipinski definition) is 3. The second-order valence-corrected chi connectivity index (χ2v) is 10.7. The van der Waals surface area contributed by atoms with E-state index in [1.54, 1.807) is 31.2 Å². The number of phenolic OH excluding ortho intramolecular Hbond substituents is 1. The number of likely N-dealkylation sites (N-methyl/N-ethyl adjacent to an activating group) is 1. The zero-order valence-electron chi connectivity index (χ0n) is 25.5. The summed E-state index contributed by atoms with van der Waals surface area (Å²) in [6.07, 6.45) is 2.50. The molecular formula is C34H30F2N6O5. The molecule has 0 unspecified atom stereocenters. The van der Waals surface area contributed by atoms with Crippen LogP contribution in [0.15, 0.2) is 77.5 Å². The second kappa shape index (κ2) is 12.8. The number of pyridine rings is 1. The number of esters is 1. The van der Waals surface area contributed by atoms with Crippen molar-refractivity contribution < 1.29 is 32.9 Å². The molecule has 11 nitrogen and oxygen atoms in total. The molecule has 0 spiro atoms. The molecule has 3 aromatic carbocycles. The van der Waals surface area contributed by atoms with Crippen LogP contribution < -0.4 is 20.1 Å². The van der Waals surface area contributed by atoms with Gasteiger partial charge in [0, 0.05) is 31.4 Å². The smallest absolute Gasteiger partial charge is 0.354 e. The van der Waals surface area contributed by atoms with Gasteiger partial charge in [0.2, 0.25) is 11.6 Å². The van der Waals surface area contributed by atoms with Crippen LogP contribution in [0.1, 0.15) is 29.2 Å². The molecule has 1 aromatic heterocycles. The predicted molar refractivity (Wildman–Crippen MR) is 171 cm³/mol. The number of rotatable bonds is 9. The topological polar surface area (TPSA) is 147 Å². The molecule has 240 valence electrons. The van der Waals surface area contributed by atoms with Gasteiger partial charge in [0.05, 0.1) is 24.9 Å². The van der Waals surface area contributed by atoms with Crippen LogP contribution in [0.5, 0.6) is 28.9 Å². The fourth-order valence-electron chi connectivity index (χ4n) is 5.25. The number of nitrogens with zero attached hydrogens (tertiary/aromatic N) is 4. The van der Waals surface area contributed by atoms with Crippen molar-refractivity contribution in [3.8, 4) is 28.9 Å². The lowest BCUT2D eigenvalue weighted by atomic mass is 10.00. The van der Waals surface area contributed by atoms with E-state index in [9.17, 15) is 9.90 Å². The van der Waals surface area contributed by atoms with Crippen LogP contribution in [-0.2, 0) is 16.1 Å². The molecule has 2 aliphatic heterocycles. The van der Waals surface area contributed by atoms with Gasteiger partial charge in [-0.15, -0.1) is 0 Å². The zero-order chi connectivity index (χ0) is 33.2. The average molecular weight is 641 g/mol. The summed E-state index contributed by atoms with van der Waals surface area (Å²) < 4.78 is 47.7. The normalized spacial score (nSPS) is 13.9. The number of anilines is 1. The number of nitrogen functional groups attached to an aromatic ring is 1. The van der Waals surface area contributed by atoms with Crippen molar-refractivity contribution in [2.24, 2.45) is 10.7 Å². The molecular weight excluding hydrogens is 610 g/mol. The number of carbonyl (C=O) groups excluding carboxylic acids is 1. The van der Waals surface area contributed by atoms with Crippen molar-refractivity contribution in [2.45, 2.75) is 13.5 Å². The molecule has 0 amide bonds.